The first kappa shape index (κ1) is 16.3. The van der Waals surface area contributed by atoms with Gasteiger partial charge in [0.2, 0.25) is 0 Å². The third kappa shape index (κ3) is 10.5. The Morgan fingerprint density at radius 2 is 2.00 bits per heavy atom. The maximum absolute atomic E-state index is 8.54. The number of nitrogens with two attached hydrogens (primary N) is 1. The zero-order chi connectivity index (χ0) is 4.99. The van der Waals surface area contributed by atoms with Gasteiger partial charge in [-0.15, -0.1) is 0 Å². The second-order valence-electron chi connectivity index (χ2n) is 1.30. The molecular formula is C4H12KNO2. The summed E-state index contributed by atoms with van der Waals surface area (Å²) in [5, 5.41) is 8.54. The van der Waals surface area contributed by atoms with Crippen molar-refractivity contribution in [2.45, 2.75) is 19.4 Å². The number of aliphatic hydroxyl groups excluding tert-OH is 1. The minimum Gasteiger partial charge on any atom is -0.870 e. The second kappa shape index (κ2) is 11.3. The van der Waals surface area contributed by atoms with Gasteiger partial charge in [0.25, 0.3) is 0 Å². The molecule has 4 heteroatoms. The van der Waals surface area contributed by atoms with Crippen molar-refractivity contribution in [1.82, 2.24) is 0 Å². The standard InChI is InChI=1S/C4H11NO.K.H2O/c1-2-4(6)3-5;;/h4,6H,2-3,5H2,1H3;;1H2/q;+1;/p-1. The Balaban J connectivity index is -0.000000125. The third-order valence-electron chi connectivity index (χ3n) is 0.743. The molecule has 0 aromatic heterocycles. The Labute approximate surface area is 92.4 Å². The van der Waals surface area contributed by atoms with Crippen LogP contribution in [0, 0.1) is 0 Å². The zero-order valence-electron chi connectivity index (χ0n) is 5.46. The molecule has 0 bridgehead atoms. The molecule has 0 radical (unpaired) electrons. The van der Waals surface area contributed by atoms with Gasteiger partial charge < -0.3 is 16.3 Å². The molecule has 0 heterocycles. The van der Waals surface area contributed by atoms with Gasteiger partial charge in [-0.25, -0.2) is 0 Å². The van der Waals surface area contributed by atoms with Crippen LogP contribution in [0.25, 0.3) is 0 Å². The largest absolute Gasteiger partial charge is 1.00 e. The Kier molecular flexibility index (Phi) is 23.0. The quantitative estimate of drug-likeness (QED) is 0.397. The topological polar surface area (TPSA) is 76.2 Å². The van der Waals surface area contributed by atoms with Gasteiger partial charge >= 0.3 is 51.4 Å². The molecule has 3 nitrogen and oxygen atoms in total. The van der Waals surface area contributed by atoms with Crippen molar-refractivity contribution in [3.05, 3.63) is 0 Å². The monoisotopic (exact) mass is 145 g/mol. The first-order chi connectivity index (χ1) is 2.81. The summed E-state index contributed by atoms with van der Waals surface area (Å²) in [6.07, 6.45) is 0.473. The number of hydrogen-bond acceptors (Lipinski definition) is 3. The van der Waals surface area contributed by atoms with Crippen LogP contribution in [0.4, 0.5) is 0 Å². The van der Waals surface area contributed by atoms with Crippen LogP contribution in [0.5, 0.6) is 0 Å². The van der Waals surface area contributed by atoms with Crippen LogP contribution in [0.2, 0.25) is 0 Å². The molecule has 0 amide bonds. The van der Waals surface area contributed by atoms with Gasteiger partial charge in [0.1, 0.15) is 0 Å². The van der Waals surface area contributed by atoms with Crippen molar-refractivity contribution in [3.63, 3.8) is 0 Å². The summed E-state index contributed by atoms with van der Waals surface area (Å²) >= 11 is 0. The van der Waals surface area contributed by atoms with Crippen LogP contribution >= 0.6 is 0 Å². The molecule has 46 valence electrons. The SMILES string of the molecule is CCC(O)CN.[K+].[OH-]. The van der Waals surface area contributed by atoms with E-state index in [-0.39, 0.29) is 63.0 Å². The first-order valence-corrected chi connectivity index (χ1v) is 2.19. The van der Waals surface area contributed by atoms with Crippen LogP contribution < -0.4 is 57.1 Å². The smallest absolute Gasteiger partial charge is 0.870 e. The average molecular weight is 145 g/mol. The van der Waals surface area contributed by atoms with Crippen LogP contribution in [-0.2, 0) is 0 Å². The minimum atomic E-state index is -0.287. The van der Waals surface area contributed by atoms with Crippen molar-refractivity contribution in [1.29, 1.82) is 0 Å². The van der Waals surface area contributed by atoms with Crippen molar-refractivity contribution < 1.29 is 62.0 Å². The molecule has 8 heavy (non-hydrogen) atoms. The van der Waals surface area contributed by atoms with E-state index >= 15 is 0 Å². The van der Waals surface area contributed by atoms with E-state index in [0.29, 0.717) is 6.54 Å². The number of aliphatic hydroxyl groups is 1. The molecule has 0 aromatic rings. The van der Waals surface area contributed by atoms with Crippen LogP contribution in [-0.4, -0.2) is 23.2 Å². The second-order valence-corrected chi connectivity index (χ2v) is 1.30. The Morgan fingerprint density at radius 1 is 1.62 bits per heavy atom. The Morgan fingerprint density at radius 3 is 2.00 bits per heavy atom. The fourth-order valence-corrected chi connectivity index (χ4v) is 0.167. The fraction of sp³-hybridized carbons (Fsp3) is 1.00. The van der Waals surface area contributed by atoms with E-state index in [4.69, 9.17) is 10.8 Å². The summed E-state index contributed by atoms with van der Waals surface area (Å²) in [6, 6.07) is 0. The molecule has 4 N–H and O–H groups in total. The fourth-order valence-electron chi connectivity index (χ4n) is 0.167. The average Bonchev–Trinajstić information content (AvgIpc) is 1.65. The zero-order valence-corrected chi connectivity index (χ0v) is 8.59. The number of hydrogen-bond donors (Lipinski definition) is 2. The maximum atomic E-state index is 8.54. The van der Waals surface area contributed by atoms with Gasteiger partial charge in [-0.3, -0.25) is 0 Å². The normalized spacial score (nSPS) is 10.9. The van der Waals surface area contributed by atoms with Crippen molar-refractivity contribution in [3.8, 4) is 0 Å². The molecule has 0 aliphatic carbocycles. The van der Waals surface area contributed by atoms with Gasteiger partial charge in [-0.1, -0.05) is 6.92 Å². The van der Waals surface area contributed by atoms with Gasteiger partial charge in [0, 0.05) is 6.54 Å². The van der Waals surface area contributed by atoms with E-state index in [0.717, 1.165) is 6.42 Å². The third-order valence-corrected chi connectivity index (χ3v) is 0.743. The van der Waals surface area contributed by atoms with Crippen molar-refractivity contribution in [2.24, 2.45) is 5.73 Å². The van der Waals surface area contributed by atoms with E-state index in [1.54, 1.807) is 0 Å². The van der Waals surface area contributed by atoms with E-state index in [1.807, 2.05) is 6.92 Å². The van der Waals surface area contributed by atoms with Crippen molar-refractivity contribution >= 4 is 0 Å². The van der Waals surface area contributed by atoms with E-state index in [9.17, 15) is 0 Å². The minimum absolute atomic E-state index is 0. The molecule has 0 spiro atoms. The van der Waals surface area contributed by atoms with E-state index < -0.39 is 0 Å². The first-order valence-electron chi connectivity index (χ1n) is 2.19. The summed E-state index contributed by atoms with van der Waals surface area (Å²) in [7, 11) is 0. The van der Waals surface area contributed by atoms with E-state index in [2.05, 4.69) is 0 Å². The molecule has 1 unspecified atom stereocenters. The summed E-state index contributed by atoms with van der Waals surface area (Å²) in [4.78, 5) is 0. The molecule has 0 saturated heterocycles. The van der Waals surface area contributed by atoms with E-state index in [1.165, 1.54) is 0 Å². The molecule has 0 fully saturated rings. The Bertz CT molecular complexity index is 33.2. The van der Waals surface area contributed by atoms with Gasteiger partial charge in [-0.2, -0.15) is 0 Å². The summed E-state index contributed by atoms with van der Waals surface area (Å²) in [5.74, 6) is 0. The molecule has 0 aromatic carbocycles. The number of rotatable bonds is 2. The molecule has 0 aliphatic rings. The summed E-state index contributed by atoms with van der Waals surface area (Å²) in [6.45, 7) is 2.29. The van der Waals surface area contributed by atoms with Crippen molar-refractivity contribution in [2.75, 3.05) is 6.54 Å². The van der Waals surface area contributed by atoms with Gasteiger partial charge in [-0.05, 0) is 6.42 Å². The van der Waals surface area contributed by atoms with Crippen LogP contribution in [0.3, 0.4) is 0 Å². The predicted molar refractivity (Wildman–Crippen MR) is 27.3 cm³/mol. The summed E-state index contributed by atoms with van der Waals surface area (Å²) < 4.78 is 0. The molecule has 0 rings (SSSR count). The molecule has 0 aliphatic heterocycles. The molecule has 0 saturated carbocycles. The summed E-state index contributed by atoms with van der Waals surface area (Å²) in [5.41, 5.74) is 5.03. The van der Waals surface area contributed by atoms with Crippen LogP contribution in [0.15, 0.2) is 0 Å². The predicted octanol–water partition coefficient (Wildman–Crippen LogP) is -3.46. The Hall–Kier alpha value is 1.52. The molecular weight excluding hydrogens is 133 g/mol. The van der Waals surface area contributed by atoms with Gasteiger partial charge in [0.15, 0.2) is 0 Å². The molecule has 1 atom stereocenters. The van der Waals surface area contributed by atoms with Gasteiger partial charge in [0.05, 0.1) is 6.10 Å². The maximum Gasteiger partial charge on any atom is 1.00 e. The van der Waals surface area contributed by atoms with Crippen LogP contribution in [0.1, 0.15) is 13.3 Å².